The fourth-order valence-electron chi connectivity index (χ4n) is 1.35. The van der Waals surface area contributed by atoms with Gasteiger partial charge in [0.2, 0.25) is 0 Å². The van der Waals surface area contributed by atoms with Crippen LogP contribution >= 0.6 is 11.6 Å². The lowest BCUT2D eigenvalue weighted by Gasteiger charge is -2.18. The SMILES string of the molecule is CC(CO)C(C)NC(=O)C(=O)Nc1cc(F)ccc1Cl. The second-order valence-corrected chi connectivity index (χ2v) is 4.91. The number of hydrogen-bond acceptors (Lipinski definition) is 3. The van der Waals surface area contributed by atoms with Crippen molar-refractivity contribution in [1.29, 1.82) is 0 Å². The van der Waals surface area contributed by atoms with E-state index < -0.39 is 17.6 Å². The summed E-state index contributed by atoms with van der Waals surface area (Å²) in [7, 11) is 0. The second-order valence-electron chi connectivity index (χ2n) is 4.50. The first-order valence-electron chi connectivity index (χ1n) is 6.03. The third kappa shape index (κ3) is 4.47. The van der Waals surface area contributed by atoms with Gasteiger partial charge in [-0.2, -0.15) is 0 Å². The van der Waals surface area contributed by atoms with E-state index in [1.165, 1.54) is 6.07 Å². The number of amides is 2. The Kier molecular flexibility index (Phi) is 5.91. The van der Waals surface area contributed by atoms with Crippen molar-refractivity contribution in [3.8, 4) is 0 Å². The summed E-state index contributed by atoms with van der Waals surface area (Å²) < 4.78 is 13.0. The Morgan fingerprint density at radius 1 is 1.35 bits per heavy atom. The van der Waals surface area contributed by atoms with Crippen LogP contribution in [0.4, 0.5) is 10.1 Å². The molecule has 1 aromatic carbocycles. The molecule has 0 aliphatic heterocycles. The molecule has 1 rings (SSSR count). The van der Waals surface area contributed by atoms with Crippen LogP contribution in [0.25, 0.3) is 0 Å². The lowest BCUT2D eigenvalue weighted by molar-refractivity contribution is -0.136. The van der Waals surface area contributed by atoms with Crippen molar-refractivity contribution in [1.82, 2.24) is 5.32 Å². The number of benzene rings is 1. The zero-order chi connectivity index (χ0) is 15.3. The van der Waals surface area contributed by atoms with E-state index in [4.69, 9.17) is 16.7 Å². The standard InChI is InChI=1S/C13H16ClFN2O3/c1-7(6-18)8(2)16-12(19)13(20)17-11-5-9(15)3-4-10(11)14/h3-5,7-8,18H,6H2,1-2H3,(H,16,19)(H,17,20). The Labute approximate surface area is 121 Å². The van der Waals surface area contributed by atoms with E-state index in [1.54, 1.807) is 13.8 Å². The first-order valence-corrected chi connectivity index (χ1v) is 6.40. The molecule has 2 unspecified atom stereocenters. The zero-order valence-electron chi connectivity index (χ0n) is 11.1. The summed E-state index contributed by atoms with van der Waals surface area (Å²) in [6.07, 6.45) is 0. The van der Waals surface area contributed by atoms with Crippen LogP contribution in [0.15, 0.2) is 18.2 Å². The molecule has 0 aliphatic carbocycles. The number of halogens is 2. The van der Waals surface area contributed by atoms with E-state index in [-0.39, 0.29) is 29.3 Å². The van der Waals surface area contributed by atoms with E-state index in [2.05, 4.69) is 10.6 Å². The summed E-state index contributed by atoms with van der Waals surface area (Å²) in [5.41, 5.74) is 0.0228. The minimum atomic E-state index is -0.950. The molecule has 2 atom stereocenters. The fourth-order valence-corrected chi connectivity index (χ4v) is 1.51. The minimum Gasteiger partial charge on any atom is -0.396 e. The molecule has 3 N–H and O–H groups in total. The third-order valence-corrected chi connectivity index (χ3v) is 3.21. The van der Waals surface area contributed by atoms with E-state index in [9.17, 15) is 14.0 Å². The Morgan fingerprint density at radius 2 is 2.00 bits per heavy atom. The molecule has 7 heteroatoms. The molecule has 20 heavy (non-hydrogen) atoms. The van der Waals surface area contributed by atoms with Crippen LogP contribution < -0.4 is 10.6 Å². The van der Waals surface area contributed by atoms with Crippen molar-refractivity contribution in [2.45, 2.75) is 19.9 Å². The van der Waals surface area contributed by atoms with Crippen molar-refractivity contribution in [2.75, 3.05) is 11.9 Å². The highest BCUT2D eigenvalue weighted by atomic mass is 35.5. The summed E-state index contributed by atoms with van der Waals surface area (Å²) in [6.45, 7) is 3.28. The van der Waals surface area contributed by atoms with Crippen LogP contribution in [0.2, 0.25) is 5.02 Å². The van der Waals surface area contributed by atoms with Crippen LogP contribution in [-0.4, -0.2) is 29.6 Å². The van der Waals surface area contributed by atoms with Crippen molar-refractivity contribution in [3.05, 3.63) is 29.0 Å². The summed E-state index contributed by atoms with van der Waals surface area (Å²) in [6, 6.07) is 3.07. The molecule has 2 amide bonds. The molecule has 0 spiro atoms. The molecule has 0 fully saturated rings. The number of rotatable bonds is 4. The number of nitrogens with one attached hydrogen (secondary N) is 2. The number of carbonyl (C=O) groups is 2. The lowest BCUT2D eigenvalue weighted by atomic mass is 10.1. The van der Waals surface area contributed by atoms with Gasteiger partial charge in [0, 0.05) is 12.6 Å². The third-order valence-electron chi connectivity index (χ3n) is 2.88. The Morgan fingerprint density at radius 3 is 2.60 bits per heavy atom. The molecule has 0 aromatic heterocycles. The molecule has 1 aromatic rings. The molecule has 110 valence electrons. The summed E-state index contributed by atoms with van der Waals surface area (Å²) in [5.74, 6) is -2.59. The number of aliphatic hydroxyl groups is 1. The van der Waals surface area contributed by atoms with Gasteiger partial charge in [0.25, 0.3) is 0 Å². The van der Waals surface area contributed by atoms with Gasteiger partial charge >= 0.3 is 11.8 Å². The average Bonchev–Trinajstić information content (AvgIpc) is 2.41. The van der Waals surface area contributed by atoms with Gasteiger partial charge in [-0.05, 0) is 31.0 Å². The highest BCUT2D eigenvalue weighted by Crippen LogP contribution is 2.22. The van der Waals surface area contributed by atoms with E-state index in [1.807, 2.05) is 0 Å². The van der Waals surface area contributed by atoms with Crippen LogP contribution in [0.3, 0.4) is 0 Å². The van der Waals surface area contributed by atoms with Crippen LogP contribution in [0.5, 0.6) is 0 Å². The van der Waals surface area contributed by atoms with Gasteiger partial charge in [-0.1, -0.05) is 18.5 Å². The van der Waals surface area contributed by atoms with Crippen molar-refractivity contribution in [2.24, 2.45) is 5.92 Å². The molecule has 0 heterocycles. The van der Waals surface area contributed by atoms with Gasteiger partial charge in [-0.15, -0.1) is 0 Å². The Hall–Kier alpha value is -1.66. The van der Waals surface area contributed by atoms with Crippen molar-refractivity contribution in [3.63, 3.8) is 0 Å². The molecular weight excluding hydrogens is 287 g/mol. The maximum Gasteiger partial charge on any atom is 0.313 e. The fraction of sp³-hybridized carbons (Fsp3) is 0.385. The van der Waals surface area contributed by atoms with Crippen LogP contribution in [0, 0.1) is 11.7 Å². The molecule has 0 saturated heterocycles. The van der Waals surface area contributed by atoms with E-state index in [0.717, 1.165) is 12.1 Å². The van der Waals surface area contributed by atoms with Crippen LogP contribution in [0.1, 0.15) is 13.8 Å². The maximum atomic E-state index is 13.0. The van der Waals surface area contributed by atoms with Gasteiger partial charge in [0.15, 0.2) is 0 Å². The molecule has 0 bridgehead atoms. The van der Waals surface area contributed by atoms with Gasteiger partial charge < -0.3 is 15.7 Å². The number of anilines is 1. The molecule has 0 saturated carbocycles. The van der Waals surface area contributed by atoms with Crippen molar-refractivity contribution < 1.29 is 19.1 Å². The Balaban J connectivity index is 2.66. The summed E-state index contributed by atoms with van der Waals surface area (Å²) >= 11 is 5.78. The van der Waals surface area contributed by atoms with Gasteiger partial charge in [0.1, 0.15) is 5.82 Å². The molecule has 5 nitrogen and oxygen atoms in total. The van der Waals surface area contributed by atoms with Gasteiger partial charge in [-0.3, -0.25) is 9.59 Å². The zero-order valence-corrected chi connectivity index (χ0v) is 11.9. The number of hydrogen-bond donors (Lipinski definition) is 3. The summed E-state index contributed by atoms with van der Waals surface area (Å²) in [5, 5.41) is 13.7. The smallest absolute Gasteiger partial charge is 0.313 e. The second kappa shape index (κ2) is 7.21. The monoisotopic (exact) mass is 302 g/mol. The average molecular weight is 303 g/mol. The first kappa shape index (κ1) is 16.4. The lowest BCUT2D eigenvalue weighted by Crippen LogP contribution is -2.44. The van der Waals surface area contributed by atoms with Gasteiger partial charge in [0.05, 0.1) is 10.7 Å². The highest BCUT2D eigenvalue weighted by Gasteiger charge is 2.20. The van der Waals surface area contributed by atoms with Crippen LogP contribution in [-0.2, 0) is 9.59 Å². The predicted molar refractivity (Wildman–Crippen MR) is 73.9 cm³/mol. The topological polar surface area (TPSA) is 78.4 Å². The molecular formula is C13H16ClFN2O3. The van der Waals surface area contributed by atoms with E-state index in [0.29, 0.717) is 0 Å². The van der Waals surface area contributed by atoms with Gasteiger partial charge in [-0.25, -0.2) is 4.39 Å². The quantitative estimate of drug-likeness (QED) is 0.738. The minimum absolute atomic E-state index is 0.0228. The first-order chi connectivity index (χ1) is 9.35. The predicted octanol–water partition coefficient (Wildman–Crippen LogP) is 1.55. The summed E-state index contributed by atoms with van der Waals surface area (Å²) in [4.78, 5) is 23.3. The normalized spacial score (nSPS) is 13.4. The number of aliphatic hydroxyl groups excluding tert-OH is 1. The molecule has 0 aliphatic rings. The molecule has 0 radical (unpaired) electrons. The number of carbonyl (C=O) groups excluding carboxylic acids is 2. The maximum absolute atomic E-state index is 13.0. The van der Waals surface area contributed by atoms with Crippen molar-refractivity contribution >= 4 is 29.1 Å². The Bertz CT molecular complexity index is 510. The van der Waals surface area contributed by atoms with E-state index >= 15 is 0 Å². The largest absolute Gasteiger partial charge is 0.396 e. The highest BCUT2D eigenvalue weighted by molar-refractivity contribution is 6.41.